The van der Waals surface area contributed by atoms with Crippen LogP contribution < -0.4 is 5.73 Å². The maximum atomic E-state index is 6.06. The molecule has 1 saturated carbocycles. The lowest BCUT2D eigenvalue weighted by Crippen LogP contribution is -2.32. The molecule has 1 aromatic heterocycles. The van der Waals surface area contributed by atoms with Crippen LogP contribution in [0.25, 0.3) is 10.9 Å². The molecule has 0 aliphatic heterocycles. The number of aromatic nitrogens is 1. The van der Waals surface area contributed by atoms with E-state index in [9.17, 15) is 0 Å². The van der Waals surface area contributed by atoms with Crippen molar-refractivity contribution >= 4 is 16.6 Å². The van der Waals surface area contributed by atoms with Crippen molar-refractivity contribution in [2.45, 2.75) is 45.2 Å². The molecule has 0 spiro atoms. The highest BCUT2D eigenvalue weighted by molar-refractivity contribution is 5.92. The van der Waals surface area contributed by atoms with Gasteiger partial charge in [0.05, 0.1) is 5.52 Å². The van der Waals surface area contributed by atoms with Gasteiger partial charge in [-0.1, -0.05) is 25.8 Å². The summed E-state index contributed by atoms with van der Waals surface area (Å²) in [6.07, 6.45) is 7.29. The molecular weight excluding hydrogens is 246 g/mol. The number of nitrogens with zero attached hydrogens (tertiary/aromatic N) is 2. The summed E-state index contributed by atoms with van der Waals surface area (Å²) in [6.45, 7) is 4.34. The fourth-order valence-electron chi connectivity index (χ4n) is 3.37. The van der Waals surface area contributed by atoms with Crippen LogP contribution in [0.3, 0.4) is 0 Å². The van der Waals surface area contributed by atoms with Crippen molar-refractivity contribution in [2.24, 2.45) is 0 Å². The van der Waals surface area contributed by atoms with Gasteiger partial charge in [0.1, 0.15) is 0 Å². The Bertz CT molecular complexity index is 588. The van der Waals surface area contributed by atoms with Crippen LogP contribution in [-0.2, 0) is 6.54 Å². The zero-order valence-corrected chi connectivity index (χ0v) is 12.2. The number of anilines is 1. The molecule has 3 rings (SSSR count). The third kappa shape index (κ3) is 2.50. The quantitative estimate of drug-likeness (QED) is 0.863. The van der Waals surface area contributed by atoms with E-state index in [1.165, 1.54) is 31.2 Å². The predicted molar refractivity (Wildman–Crippen MR) is 84.5 cm³/mol. The van der Waals surface area contributed by atoms with Crippen LogP contribution in [0.5, 0.6) is 0 Å². The molecule has 106 valence electrons. The highest BCUT2D eigenvalue weighted by Crippen LogP contribution is 2.28. The van der Waals surface area contributed by atoms with Crippen LogP contribution in [0.1, 0.15) is 38.2 Å². The van der Waals surface area contributed by atoms with Gasteiger partial charge in [0.2, 0.25) is 0 Å². The molecule has 2 aromatic rings. The summed E-state index contributed by atoms with van der Waals surface area (Å²) in [4.78, 5) is 7.14. The van der Waals surface area contributed by atoms with Crippen molar-refractivity contribution in [3.8, 4) is 0 Å². The van der Waals surface area contributed by atoms with Crippen LogP contribution in [0.15, 0.2) is 30.5 Å². The molecule has 3 nitrogen and oxygen atoms in total. The van der Waals surface area contributed by atoms with Crippen LogP contribution >= 0.6 is 0 Å². The number of fused-ring (bicyclic) bond motifs is 1. The molecule has 1 aliphatic carbocycles. The van der Waals surface area contributed by atoms with Crippen molar-refractivity contribution in [2.75, 3.05) is 12.3 Å². The maximum absolute atomic E-state index is 6.06. The third-order valence-electron chi connectivity index (χ3n) is 4.51. The van der Waals surface area contributed by atoms with Gasteiger partial charge in [-0.15, -0.1) is 0 Å². The second kappa shape index (κ2) is 5.80. The van der Waals surface area contributed by atoms with Gasteiger partial charge in [-0.25, -0.2) is 0 Å². The minimum absolute atomic E-state index is 0.747. The number of pyridine rings is 1. The van der Waals surface area contributed by atoms with Crippen molar-refractivity contribution < 1.29 is 0 Å². The van der Waals surface area contributed by atoms with E-state index in [4.69, 9.17) is 5.73 Å². The molecule has 0 amide bonds. The minimum atomic E-state index is 0.747. The van der Waals surface area contributed by atoms with Gasteiger partial charge in [-0.3, -0.25) is 9.88 Å². The van der Waals surface area contributed by atoms with E-state index in [1.54, 1.807) is 0 Å². The Morgan fingerprint density at radius 2 is 2.05 bits per heavy atom. The lowest BCUT2D eigenvalue weighted by Gasteiger charge is -2.27. The van der Waals surface area contributed by atoms with E-state index in [2.05, 4.69) is 28.9 Å². The van der Waals surface area contributed by atoms with Crippen LogP contribution in [-0.4, -0.2) is 22.5 Å². The second-order valence-electron chi connectivity index (χ2n) is 5.71. The number of nitrogen functional groups attached to an aromatic ring is 1. The topological polar surface area (TPSA) is 42.1 Å². The largest absolute Gasteiger partial charge is 0.398 e. The Kier molecular flexibility index (Phi) is 3.88. The lowest BCUT2D eigenvalue weighted by atomic mass is 10.1. The van der Waals surface area contributed by atoms with Gasteiger partial charge in [0.25, 0.3) is 0 Å². The Morgan fingerprint density at radius 3 is 2.80 bits per heavy atom. The van der Waals surface area contributed by atoms with E-state index in [1.807, 2.05) is 18.3 Å². The molecule has 0 unspecified atom stereocenters. The molecule has 0 bridgehead atoms. The van der Waals surface area contributed by atoms with Gasteiger partial charge in [-0.2, -0.15) is 0 Å². The Morgan fingerprint density at radius 1 is 1.25 bits per heavy atom. The smallest absolute Gasteiger partial charge is 0.0767 e. The average Bonchev–Trinajstić information content (AvgIpc) is 3.01. The SMILES string of the molecule is CCN(Cc1ccc(N)c2cccnc12)C1CCCC1. The lowest BCUT2D eigenvalue weighted by molar-refractivity contribution is 0.201. The normalized spacial score (nSPS) is 16.3. The summed E-state index contributed by atoms with van der Waals surface area (Å²) < 4.78 is 0. The van der Waals surface area contributed by atoms with Gasteiger partial charge in [0.15, 0.2) is 0 Å². The van der Waals surface area contributed by atoms with E-state index in [0.29, 0.717) is 0 Å². The molecule has 1 heterocycles. The molecule has 0 atom stereocenters. The van der Waals surface area contributed by atoms with Crippen LogP contribution in [0.2, 0.25) is 0 Å². The third-order valence-corrected chi connectivity index (χ3v) is 4.51. The average molecular weight is 269 g/mol. The van der Waals surface area contributed by atoms with E-state index in [-0.39, 0.29) is 0 Å². The second-order valence-corrected chi connectivity index (χ2v) is 5.71. The minimum Gasteiger partial charge on any atom is -0.398 e. The standard InChI is InChI=1S/C17H23N3/c1-2-20(14-6-3-4-7-14)12-13-9-10-16(18)15-8-5-11-19-17(13)15/h5,8-11,14H,2-4,6-7,12,18H2,1H3. The molecule has 0 radical (unpaired) electrons. The highest BCUT2D eigenvalue weighted by Gasteiger charge is 2.22. The van der Waals surface area contributed by atoms with Crippen LogP contribution in [0, 0.1) is 0 Å². The van der Waals surface area contributed by atoms with Gasteiger partial charge >= 0.3 is 0 Å². The monoisotopic (exact) mass is 269 g/mol. The number of benzene rings is 1. The molecule has 1 aromatic carbocycles. The number of hydrogen-bond acceptors (Lipinski definition) is 3. The molecule has 1 fully saturated rings. The summed E-state index contributed by atoms with van der Waals surface area (Å²) in [7, 11) is 0. The van der Waals surface area contributed by atoms with Crippen molar-refractivity contribution in [3.63, 3.8) is 0 Å². The Hall–Kier alpha value is -1.61. The molecule has 0 saturated heterocycles. The van der Waals surface area contributed by atoms with Crippen molar-refractivity contribution in [1.82, 2.24) is 9.88 Å². The fraction of sp³-hybridized carbons (Fsp3) is 0.471. The number of rotatable bonds is 4. The first kappa shape index (κ1) is 13.4. The molecular formula is C17H23N3. The Labute approximate surface area is 120 Å². The van der Waals surface area contributed by atoms with Gasteiger partial charge in [-0.05, 0) is 43.1 Å². The van der Waals surface area contributed by atoms with E-state index in [0.717, 1.165) is 35.7 Å². The summed E-state index contributed by atoms with van der Waals surface area (Å²) in [5.74, 6) is 0. The summed E-state index contributed by atoms with van der Waals surface area (Å²) in [5, 5.41) is 1.08. The predicted octanol–water partition coefficient (Wildman–Crippen LogP) is 3.58. The molecule has 1 aliphatic rings. The zero-order chi connectivity index (χ0) is 13.9. The first-order chi connectivity index (χ1) is 9.79. The summed E-state index contributed by atoms with van der Waals surface area (Å²) >= 11 is 0. The van der Waals surface area contributed by atoms with Gasteiger partial charge < -0.3 is 5.73 Å². The van der Waals surface area contributed by atoms with Crippen molar-refractivity contribution in [1.29, 1.82) is 0 Å². The van der Waals surface area contributed by atoms with Crippen LogP contribution in [0.4, 0.5) is 5.69 Å². The number of nitrogens with two attached hydrogens (primary N) is 1. The van der Waals surface area contributed by atoms with Crippen molar-refractivity contribution in [3.05, 3.63) is 36.0 Å². The summed E-state index contributed by atoms with van der Waals surface area (Å²) in [6, 6.07) is 8.92. The first-order valence-electron chi connectivity index (χ1n) is 7.65. The summed E-state index contributed by atoms with van der Waals surface area (Å²) in [5.41, 5.74) is 9.23. The maximum Gasteiger partial charge on any atom is 0.0767 e. The van der Waals surface area contributed by atoms with E-state index >= 15 is 0 Å². The van der Waals surface area contributed by atoms with Gasteiger partial charge in [0, 0.05) is 29.9 Å². The zero-order valence-electron chi connectivity index (χ0n) is 12.2. The Balaban J connectivity index is 1.91. The molecule has 2 N–H and O–H groups in total. The number of hydrogen-bond donors (Lipinski definition) is 1. The molecule has 3 heteroatoms. The fourth-order valence-corrected chi connectivity index (χ4v) is 3.37. The first-order valence-corrected chi connectivity index (χ1v) is 7.65. The highest BCUT2D eigenvalue weighted by atomic mass is 15.1. The van der Waals surface area contributed by atoms with E-state index < -0.39 is 0 Å². The molecule has 20 heavy (non-hydrogen) atoms.